The van der Waals surface area contributed by atoms with Gasteiger partial charge >= 0.3 is 11.6 Å². The summed E-state index contributed by atoms with van der Waals surface area (Å²) in [5.74, 6) is -1.16. The molecular formula is C13H16FN7O4. The van der Waals surface area contributed by atoms with Crippen molar-refractivity contribution in [3.05, 3.63) is 33.5 Å². The molecule has 0 aliphatic rings. The second-order valence-corrected chi connectivity index (χ2v) is 5.00. The van der Waals surface area contributed by atoms with Gasteiger partial charge in [-0.15, -0.1) is 5.10 Å². The van der Waals surface area contributed by atoms with E-state index in [0.717, 1.165) is 10.9 Å². The van der Waals surface area contributed by atoms with Crippen molar-refractivity contribution in [2.24, 2.45) is 12.1 Å². The number of ether oxygens (including phenoxy) is 1. The summed E-state index contributed by atoms with van der Waals surface area (Å²) in [7, 11) is 2.72. The summed E-state index contributed by atoms with van der Waals surface area (Å²) < 4.78 is 20.8. The van der Waals surface area contributed by atoms with Gasteiger partial charge in [0, 0.05) is 13.5 Å². The molecule has 0 atom stereocenters. The first-order valence-corrected chi connectivity index (χ1v) is 7.10. The number of amides is 1. The van der Waals surface area contributed by atoms with Gasteiger partial charge in [0.2, 0.25) is 11.9 Å². The Morgan fingerprint density at radius 2 is 2.28 bits per heavy atom. The molecule has 0 radical (unpaired) electrons. The van der Waals surface area contributed by atoms with E-state index >= 15 is 0 Å². The highest BCUT2D eigenvalue weighted by atomic mass is 19.1. The molecule has 0 bridgehead atoms. The molecule has 11 nitrogen and oxygen atoms in total. The molecular weight excluding hydrogens is 337 g/mol. The number of hydrogen-bond donors (Lipinski definition) is 1. The van der Waals surface area contributed by atoms with Gasteiger partial charge in [-0.3, -0.25) is 19.6 Å². The predicted octanol–water partition coefficient (Wildman–Crippen LogP) is 0.521. The van der Waals surface area contributed by atoms with Crippen LogP contribution in [0.2, 0.25) is 0 Å². The van der Waals surface area contributed by atoms with Crippen LogP contribution in [0.25, 0.3) is 0 Å². The third-order valence-electron chi connectivity index (χ3n) is 3.25. The van der Waals surface area contributed by atoms with E-state index in [1.165, 1.54) is 25.0 Å². The molecule has 2 aromatic rings. The first kappa shape index (κ1) is 18.0. The van der Waals surface area contributed by atoms with Gasteiger partial charge in [0.25, 0.3) is 0 Å². The summed E-state index contributed by atoms with van der Waals surface area (Å²) in [6, 6.07) is 0. The van der Waals surface area contributed by atoms with Crippen molar-refractivity contribution in [2.75, 3.05) is 7.11 Å². The molecule has 0 aromatic carbocycles. The largest absolute Gasteiger partial charge is 0.475 e. The molecule has 134 valence electrons. The minimum absolute atomic E-state index is 0.0339. The van der Waals surface area contributed by atoms with Gasteiger partial charge in [0.05, 0.1) is 36.0 Å². The number of nitrogens with one attached hydrogen (secondary N) is 1. The lowest BCUT2D eigenvalue weighted by Gasteiger charge is -2.00. The van der Waals surface area contributed by atoms with Crippen molar-refractivity contribution in [3.63, 3.8) is 0 Å². The van der Waals surface area contributed by atoms with E-state index in [4.69, 9.17) is 4.74 Å². The first-order chi connectivity index (χ1) is 11.8. The number of hydrazone groups is 1. The zero-order valence-electron chi connectivity index (χ0n) is 13.8. The summed E-state index contributed by atoms with van der Waals surface area (Å²) in [5, 5.41) is 22.2. The molecule has 0 spiro atoms. The third kappa shape index (κ3) is 4.16. The van der Waals surface area contributed by atoms with Crippen molar-refractivity contribution in [2.45, 2.75) is 19.9 Å². The first-order valence-electron chi connectivity index (χ1n) is 7.10. The molecule has 0 fully saturated rings. The van der Waals surface area contributed by atoms with Crippen LogP contribution in [0.5, 0.6) is 5.88 Å². The number of rotatable bonds is 7. The lowest BCUT2D eigenvalue weighted by atomic mass is 10.3. The van der Waals surface area contributed by atoms with Crippen molar-refractivity contribution in [3.8, 4) is 5.88 Å². The number of aromatic nitrogens is 4. The molecule has 0 aliphatic heterocycles. The normalized spacial score (nSPS) is 11.0. The Hall–Kier alpha value is -3.31. The standard InChI is InChI=1S/C13H16FN7O4/c1-8-9(12(14)19(2)17-8)6-15-16-11(22)4-5-20-7-10(21(23)24)13(18-20)25-3/h6-7H,4-5H2,1-3H3,(H,16,22). The van der Waals surface area contributed by atoms with E-state index in [2.05, 4.69) is 20.7 Å². The molecule has 12 heteroatoms. The average Bonchev–Trinajstić information content (AvgIpc) is 3.09. The Morgan fingerprint density at radius 1 is 1.56 bits per heavy atom. The fourth-order valence-corrected chi connectivity index (χ4v) is 2.01. The van der Waals surface area contributed by atoms with Gasteiger partial charge in [-0.05, 0) is 6.92 Å². The van der Waals surface area contributed by atoms with Crippen LogP contribution in [0.15, 0.2) is 11.3 Å². The highest BCUT2D eigenvalue weighted by Gasteiger charge is 2.20. The SMILES string of the molecule is COc1nn(CCC(=O)NN=Cc2c(C)nn(C)c2F)cc1[N+](=O)[O-]. The fraction of sp³-hybridized carbons (Fsp3) is 0.385. The zero-order valence-corrected chi connectivity index (χ0v) is 13.8. The van der Waals surface area contributed by atoms with Gasteiger partial charge in [0.1, 0.15) is 6.20 Å². The van der Waals surface area contributed by atoms with E-state index < -0.39 is 16.8 Å². The lowest BCUT2D eigenvalue weighted by Crippen LogP contribution is -2.19. The highest BCUT2D eigenvalue weighted by molar-refractivity contribution is 5.83. The van der Waals surface area contributed by atoms with Crippen LogP contribution in [0, 0.1) is 23.0 Å². The maximum atomic E-state index is 13.7. The Labute approximate surface area is 141 Å². The van der Waals surface area contributed by atoms with E-state index in [0.29, 0.717) is 5.69 Å². The molecule has 1 amide bonds. The molecule has 25 heavy (non-hydrogen) atoms. The molecule has 2 heterocycles. The Balaban J connectivity index is 1.91. The summed E-state index contributed by atoms with van der Waals surface area (Å²) >= 11 is 0. The Morgan fingerprint density at radius 3 is 2.80 bits per heavy atom. The van der Waals surface area contributed by atoms with Crippen LogP contribution in [0.4, 0.5) is 10.1 Å². The van der Waals surface area contributed by atoms with Gasteiger partial charge in [-0.2, -0.15) is 14.6 Å². The van der Waals surface area contributed by atoms with Gasteiger partial charge in [-0.1, -0.05) is 0 Å². The maximum Gasteiger partial charge on any atom is 0.350 e. The molecule has 2 rings (SSSR count). The van der Waals surface area contributed by atoms with Crippen LogP contribution in [0.1, 0.15) is 17.7 Å². The minimum Gasteiger partial charge on any atom is -0.475 e. The van der Waals surface area contributed by atoms with Crippen molar-refractivity contribution >= 4 is 17.8 Å². The number of nitro groups is 1. The van der Waals surface area contributed by atoms with E-state index in [1.807, 2.05) is 0 Å². The third-order valence-corrected chi connectivity index (χ3v) is 3.25. The predicted molar refractivity (Wildman–Crippen MR) is 83.7 cm³/mol. The number of halogens is 1. The Kier molecular flexibility index (Phi) is 5.41. The van der Waals surface area contributed by atoms with Gasteiger partial charge in [0.15, 0.2) is 0 Å². The quantitative estimate of drug-likeness (QED) is 0.439. The molecule has 0 aliphatic carbocycles. The maximum absolute atomic E-state index is 13.7. The smallest absolute Gasteiger partial charge is 0.350 e. The number of hydrogen-bond acceptors (Lipinski definition) is 7. The highest BCUT2D eigenvalue weighted by Crippen LogP contribution is 2.23. The van der Waals surface area contributed by atoms with E-state index in [1.54, 1.807) is 6.92 Å². The van der Waals surface area contributed by atoms with Crippen molar-refractivity contribution in [1.82, 2.24) is 25.0 Å². The van der Waals surface area contributed by atoms with Crippen LogP contribution in [0.3, 0.4) is 0 Å². The monoisotopic (exact) mass is 353 g/mol. The number of aryl methyl sites for hydroxylation is 3. The fourth-order valence-electron chi connectivity index (χ4n) is 2.01. The van der Waals surface area contributed by atoms with Crippen LogP contribution in [-0.2, 0) is 18.4 Å². The van der Waals surface area contributed by atoms with Crippen molar-refractivity contribution < 1.29 is 18.8 Å². The Bertz CT molecular complexity index is 827. The lowest BCUT2D eigenvalue weighted by molar-refractivity contribution is -0.385. The topological polar surface area (TPSA) is 129 Å². The number of carbonyl (C=O) groups is 1. The summed E-state index contributed by atoms with van der Waals surface area (Å²) in [4.78, 5) is 21.9. The molecule has 0 unspecified atom stereocenters. The van der Waals surface area contributed by atoms with Gasteiger partial charge in [-0.25, -0.2) is 10.1 Å². The second kappa shape index (κ2) is 7.51. The van der Waals surface area contributed by atoms with E-state index in [-0.39, 0.29) is 30.1 Å². The average molecular weight is 353 g/mol. The summed E-state index contributed by atoms with van der Waals surface area (Å²) in [6.45, 7) is 1.70. The van der Waals surface area contributed by atoms with Crippen LogP contribution >= 0.6 is 0 Å². The number of carbonyl (C=O) groups excluding carboxylic acids is 1. The summed E-state index contributed by atoms with van der Waals surface area (Å²) in [5.41, 5.74) is 2.57. The number of methoxy groups -OCH3 is 1. The second-order valence-electron chi connectivity index (χ2n) is 5.00. The summed E-state index contributed by atoms with van der Waals surface area (Å²) in [6.07, 6.45) is 2.30. The zero-order chi connectivity index (χ0) is 18.6. The van der Waals surface area contributed by atoms with Crippen molar-refractivity contribution in [1.29, 1.82) is 0 Å². The number of nitrogens with zero attached hydrogens (tertiary/aromatic N) is 6. The van der Waals surface area contributed by atoms with Gasteiger partial charge < -0.3 is 4.74 Å². The molecule has 0 saturated carbocycles. The van der Waals surface area contributed by atoms with E-state index in [9.17, 15) is 19.3 Å². The van der Waals surface area contributed by atoms with Crippen LogP contribution in [-0.4, -0.2) is 43.7 Å². The molecule has 0 saturated heterocycles. The van der Waals surface area contributed by atoms with Crippen LogP contribution < -0.4 is 10.2 Å². The minimum atomic E-state index is -0.628. The molecule has 2 aromatic heterocycles. The molecule has 1 N–H and O–H groups in total.